The number of ketones is 2. The molecule has 0 radical (unpaired) electrons. The number of Topliss-reactive ketones (excluding diaryl/α,β-unsaturated/α-hetero) is 2. The molecule has 0 bridgehead atoms. The molecule has 0 amide bonds. The molecule has 6 rings (SSSR count). The predicted molar refractivity (Wildman–Crippen MR) is 155 cm³/mol. The molecule has 13 nitrogen and oxygen atoms in total. The van der Waals surface area contributed by atoms with Gasteiger partial charge in [-0.05, 0) is 24.1 Å². The fraction of sp³-hybridized carbons (Fsp3) is 0.310. The van der Waals surface area contributed by atoms with Crippen molar-refractivity contribution >= 4 is 34.7 Å². The average molecular weight is 610 g/mol. The Morgan fingerprint density at radius 1 is 1.07 bits per heavy atom. The topological polar surface area (TPSA) is 164 Å². The van der Waals surface area contributed by atoms with Gasteiger partial charge in [-0.2, -0.15) is 0 Å². The summed E-state index contributed by atoms with van der Waals surface area (Å²) in [5.74, 6) is -2.70. The number of carbonyl (C=O) groups excluding carboxylic acids is 2. The van der Waals surface area contributed by atoms with Crippen LogP contribution in [0.2, 0.25) is 5.02 Å². The van der Waals surface area contributed by atoms with Crippen molar-refractivity contribution in [3.63, 3.8) is 0 Å². The van der Waals surface area contributed by atoms with Crippen molar-refractivity contribution < 1.29 is 29.0 Å². The van der Waals surface area contributed by atoms with Crippen molar-refractivity contribution in [3.05, 3.63) is 89.4 Å². The molecule has 3 atom stereocenters. The highest BCUT2D eigenvalue weighted by atomic mass is 35.5. The van der Waals surface area contributed by atoms with E-state index in [0.717, 1.165) is 4.57 Å². The van der Waals surface area contributed by atoms with Crippen molar-refractivity contribution in [2.75, 3.05) is 24.8 Å². The van der Waals surface area contributed by atoms with Gasteiger partial charge in [0.2, 0.25) is 17.2 Å². The SMILES string of the molecule is COc1cc(OC)c2c(c1Cl)OC1(C(=O)C3=C(CC1C)Nc1c(c(=O)n(C)c(=O)n1C)C3c1ccc(N([O-])O)cc1)C2=O. The Bertz CT molecular complexity index is 1890. The predicted octanol–water partition coefficient (Wildman–Crippen LogP) is 2.88. The minimum atomic E-state index is -2.05. The molecule has 2 N–H and O–H groups in total. The molecule has 1 aromatic heterocycles. The van der Waals surface area contributed by atoms with Crippen LogP contribution < -0.4 is 36.0 Å². The third kappa shape index (κ3) is 3.71. The van der Waals surface area contributed by atoms with Gasteiger partial charge in [0.15, 0.2) is 5.75 Å². The number of nitrogens with one attached hydrogen (secondary N) is 1. The maximum Gasteiger partial charge on any atom is 0.332 e. The fourth-order valence-electron chi connectivity index (χ4n) is 6.32. The molecule has 3 aliphatic rings. The number of carbonyl (C=O) groups is 2. The van der Waals surface area contributed by atoms with Gasteiger partial charge in [0, 0.05) is 43.3 Å². The van der Waals surface area contributed by atoms with Crippen LogP contribution in [0.3, 0.4) is 0 Å². The number of halogens is 1. The first-order valence-corrected chi connectivity index (χ1v) is 13.6. The average Bonchev–Trinajstić information content (AvgIpc) is 3.31. The summed E-state index contributed by atoms with van der Waals surface area (Å²) in [6, 6.07) is 7.07. The first-order valence-electron chi connectivity index (χ1n) is 13.2. The normalized spacial score (nSPS) is 22.0. The van der Waals surface area contributed by atoms with Gasteiger partial charge < -0.3 is 30.0 Å². The van der Waals surface area contributed by atoms with Gasteiger partial charge in [0.1, 0.15) is 27.9 Å². The molecule has 224 valence electrons. The minimum absolute atomic E-state index is 0.000541. The van der Waals surface area contributed by atoms with E-state index in [4.69, 9.17) is 25.8 Å². The number of methoxy groups -OCH3 is 2. The third-order valence-corrected chi connectivity index (χ3v) is 8.88. The molecular weight excluding hydrogens is 584 g/mol. The summed E-state index contributed by atoms with van der Waals surface area (Å²) in [4.78, 5) is 55.6. The highest BCUT2D eigenvalue weighted by molar-refractivity contribution is 6.36. The summed E-state index contributed by atoms with van der Waals surface area (Å²) in [5.41, 5.74) is -2.40. The molecule has 3 unspecified atom stereocenters. The minimum Gasteiger partial charge on any atom is -0.733 e. The molecule has 1 spiro atoms. The number of aromatic nitrogens is 2. The summed E-state index contributed by atoms with van der Waals surface area (Å²) < 4.78 is 19.3. The van der Waals surface area contributed by atoms with E-state index in [1.807, 2.05) is 0 Å². The molecular formula is C29H26ClN4O9-. The smallest absolute Gasteiger partial charge is 0.332 e. The van der Waals surface area contributed by atoms with Crippen LogP contribution >= 0.6 is 11.6 Å². The highest BCUT2D eigenvalue weighted by Gasteiger charge is 2.63. The van der Waals surface area contributed by atoms with Crippen LogP contribution in [0.1, 0.15) is 40.7 Å². The second kappa shape index (κ2) is 9.73. The highest BCUT2D eigenvalue weighted by Crippen LogP contribution is 2.56. The van der Waals surface area contributed by atoms with E-state index >= 15 is 0 Å². The van der Waals surface area contributed by atoms with Crippen LogP contribution in [0.5, 0.6) is 17.2 Å². The number of anilines is 2. The van der Waals surface area contributed by atoms with Gasteiger partial charge in [-0.15, -0.1) is 0 Å². The Balaban J connectivity index is 1.60. The van der Waals surface area contributed by atoms with Gasteiger partial charge in [-0.1, -0.05) is 30.7 Å². The van der Waals surface area contributed by atoms with E-state index in [9.17, 15) is 29.6 Å². The molecule has 0 saturated carbocycles. The maximum atomic E-state index is 14.8. The van der Waals surface area contributed by atoms with Gasteiger partial charge in [0.05, 0.1) is 25.5 Å². The molecule has 0 fully saturated rings. The number of allylic oxidation sites excluding steroid dienone is 1. The van der Waals surface area contributed by atoms with Gasteiger partial charge in [0.25, 0.3) is 5.56 Å². The van der Waals surface area contributed by atoms with E-state index in [1.54, 1.807) is 6.92 Å². The zero-order chi connectivity index (χ0) is 31.1. The zero-order valence-electron chi connectivity index (χ0n) is 23.7. The van der Waals surface area contributed by atoms with E-state index in [-0.39, 0.29) is 62.1 Å². The number of nitrogens with zero attached hydrogens (tertiary/aromatic N) is 3. The Morgan fingerprint density at radius 3 is 2.33 bits per heavy atom. The number of hydrogen-bond acceptors (Lipinski definition) is 11. The molecule has 43 heavy (non-hydrogen) atoms. The summed E-state index contributed by atoms with van der Waals surface area (Å²) in [7, 11) is 5.58. The molecule has 14 heteroatoms. The third-order valence-electron chi connectivity index (χ3n) is 8.52. The van der Waals surface area contributed by atoms with Gasteiger partial charge in [-0.3, -0.25) is 28.7 Å². The summed E-state index contributed by atoms with van der Waals surface area (Å²) in [6.07, 6.45) is 0.125. The van der Waals surface area contributed by atoms with Crippen LogP contribution in [0.25, 0.3) is 0 Å². The Labute approximate surface area is 249 Å². The van der Waals surface area contributed by atoms with Crippen LogP contribution in [0.4, 0.5) is 11.5 Å². The maximum absolute atomic E-state index is 14.8. The van der Waals surface area contributed by atoms with Crippen molar-refractivity contribution in [2.24, 2.45) is 20.0 Å². The monoisotopic (exact) mass is 609 g/mol. The zero-order valence-corrected chi connectivity index (χ0v) is 24.4. The number of ether oxygens (including phenoxy) is 3. The molecule has 2 aliphatic heterocycles. The number of rotatable bonds is 4. The second-order valence-electron chi connectivity index (χ2n) is 10.7. The summed E-state index contributed by atoms with van der Waals surface area (Å²) in [5, 5.41) is 23.7. The van der Waals surface area contributed by atoms with Crippen molar-refractivity contribution in [1.29, 1.82) is 0 Å². The quantitative estimate of drug-likeness (QED) is 0.330. The molecule has 0 saturated heterocycles. The first kappa shape index (κ1) is 28.5. The van der Waals surface area contributed by atoms with E-state index in [0.29, 0.717) is 11.3 Å². The lowest BCUT2D eigenvalue weighted by Gasteiger charge is -2.42. The molecule has 1 aliphatic carbocycles. The Kier molecular flexibility index (Phi) is 6.45. The fourth-order valence-corrected chi connectivity index (χ4v) is 6.58. The lowest BCUT2D eigenvalue weighted by molar-refractivity contribution is -0.130. The van der Waals surface area contributed by atoms with E-state index in [2.05, 4.69) is 5.32 Å². The van der Waals surface area contributed by atoms with E-state index < -0.39 is 40.3 Å². The van der Waals surface area contributed by atoms with Crippen LogP contribution in [0, 0.1) is 11.1 Å². The number of benzene rings is 2. The van der Waals surface area contributed by atoms with Crippen molar-refractivity contribution in [1.82, 2.24) is 9.13 Å². The number of hydrogen-bond donors (Lipinski definition) is 2. The van der Waals surface area contributed by atoms with Crippen LogP contribution in [-0.4, -0.2) is 45.7 Å². The van der Waals surface area contributed by atoms with Gasteiger partial charge >= 0.3 is 5.69 Å². The largest absolute Gasteiger partial charge is 0.733 e. The van der Waals surface area contributed by atoms with E-state index in [1.165, 1.54) is 63.2 Å². The Hall–Kier alpha value is -4.59. The lowest BCUT2D eigenvalue weighted by Crippen LogP contribution is -2.58. The summed E-state index contributed by atoms with van der Waals surface area (Å²) in [6.45, 7) is 1.69. The first-order chi connectivity index (χ1) is 20.4. The van der Waals surface area contributed by atoms with Crippen molar-refractivity contribution in [2.45, 2.75) is 24.9 Å². The lowest BCUT2D eigenvalue weighted by atomic mass is 9.66. The molecule has 2 aromatic carbocycles. The Morgan fingerprint density at radius 2 is 1.72 bits per heavy atom. The number of fused-ring (bicyclic) bond motifs is 2. The molecule has 3 heterocycles. The standard InChI is InChI=1S/C29H26ClN4O9/c1-12-10-15-19(24(35)29(12)25(36)20-16(41-4)11-17(42-5)22(30)23(20)43-29)18(13-6-8-14(9-7-13)34(39)40)21-26(31-15)32(2)28(38)33(3)27(21)37/h6-9,11-12,18,31,39H,10H2,1-5H3/q-1. The van der Waals surface area contributed by atoms with Crippen LogP contribution in [0.15, 0.2) is 51.2 Å². The van der Waals surface area contributed by atoms with Crippen LogP contribution in [-0.2, 0) is 18.9 Å². The van der Waals surface area contributed by atoms with Gasteiger partial charge in [-0.25, -0.2) is 4.79 Å². The summed E-state index contributed by atoms with van der Waals surface area (Å²) >= 11 is 6.57. The van der Waals surface area contributed by atoms with Crippen molar-refractivity contribution in [3.8, 4) is 17.2 Å². The molecule has 3 aromatic rings. The second-order valence-corrected chi connectivity index (χ2v) is 11.1.